The fraction of sp³-hybridized carbons (Fsp3) is 0.227. The Morgan fingerprint density at radius 1 is 1.07 bits per heavy atom. The molecule has 0 bridgehead atoms. The van der Waals surface area contributed by atoms with Gasteiger partial charge in [-0.25, -0.2) is 9.37 Å². The second-order valence-electron chi connectivity index (χ2n) is 6.99. The van der Waals surface area contributed by atoms with Gasteiger partial charge in [0.2, 0.25) is 11.8 Å². The minimum Gasteiger partial charge on any atom is -0.441 e. The Bertz CT molecular complexity index is 1040. The van der Waals surface area contributed by atoms with Crippen molar-refractivity contribution in [2.24, 2.45) is 5.92 Å². The summed E-state index contributed by atoms with van der Waals surface area (Å²) < 4.78 is 19.4. The number of amides is 2. The summed E-state index contributed by atoms with van der Waals surface area (Å²) in [5, 5.41) is 5.65. The molecule has 0 saturated heterocycles. The van der Waals surface area contributed by atoms with Gasteiger partial charge >= 0.3 is 0 Å². The zero-order valence-corrected chi connectivity index (χ0v) is 15.7. The Hall–Kier alpha value is -3.48. The van der Waals surface area contributed by atoms with Gasteiger partial charge in [-0.1, -0.05) is 18.2 Å². The molecule has 1 aromatic heterocycles. The molecule has 29 heavy (non-hydrogen) atoms. The molecule has 2 N–H and O–H groups in total. The molecule has 6 nitrogen and oxygen atoms in total. The lowest BCUT2D eigenvalue weighted by atomic mass is 10.2. The van der Waals surface area contributed by atoms with Crippen LogP contribution in [0.15, 0.2) is 59.1 Å². The summed E-state index contributed by atoms with van der Waals surface area (Å²) in [6, 6.07) is 13.3. The van der Waals surface area contributed by atoms with Crippen molar-refractivity contribution in [2.75, 3.05) is 10.6 Å². The molecule has 0 spiro atoms. The number of aromatic nitrogens is 1. The number of rotatable bonds is 7. The molecular formula is C22H20FN3O3. The molecule has 7 heteroatoms. The van der Waals surface area contributed by atoms with Crippen molar-refractivity contribution in [1.29, 1.82) is 0 Å². The number of hydrogen-bond acceptors (Lipinski definition) is 4. The number of carbonyl (C=O) groups is 2. The van der Waals surface area contributed by atoms with Crippen LogP contribution in [0, 0.1) is 11.7 Å². The molecule has 3 aromatic rings. The lowest BCUT2D eigenvalue weighted by Gasteiger charge is -2.08. The molecule has 1 aliphatic carbocycles. The molecule has 2 aromatic carbocycles. The number of nitrogens with one attached hydrogen (secondary N) is 2. The second-order valence-corrected chi connectivity index (χ2v) is 6.99. The van der Waals surface area contributed by atoms with Gasteiger partial charge in [-0.05, 0) is 43.2 Å². The van der Waals surface area contributed by atoms with Crippen LogP contribution >= 0.6 is 0 Å². The molecule has 1 heterocycles. The van der Waals surface area contributed by atoms with Crippen molar-refractivity contribution >= 4 is 23.2 Å². The van der Waals surface area contributed by atoms with Crippen LogP contribution in [0.3, 0.4) is 0 Å². The van der Waals surface area contributed by atoms with E-state index in [4.69, 9.17) is 4.42 Å². The minimum atomic E-state index is -0.387. The third kappa shape index (κ3) is 4.87. The van der Waals surface area contributed by atoms with Crippen LogP contribution in [0.5, 0.6) is 0 Å². The predicted octanol–water partition coefficient (Wildman–Crippen LogP) is 4.40. The van der Waals surface area contributed by atoms with Gasteiger partial charge in [0.05, 0.1) is 11.8 Å². The number of nitrogens with zero attached hydrogens (tertiary/aromatic N) is 1. The topological polar surface area (TPSA) is 84.2 Å². The van der Waals surface area contributed by atoms with Crippen LogP contribution in [0.4, 0.5) is 15.8 Å². The van der Waals surface area contributed by atoms with E-state index in [1.165, 1.54) is 12.3 Å². The van der Waals surface area contributed by atoms with Crippen molar-refractivity contribution in [2.45, 2.75) is 25.7 Å². The highest BCUT2D eigenvalue weighted by atomic mass is 19.1. The van der Waals surface area contributed by atoms with E-state index in [2.05, 4.69) is 15.6 Å². The number of anilines is 2. The summed E-state index contributed by atoms with van der Waals surface area (Å²) in [4.78, 5) is 28.2. The maximum absolute atomic E-state index is 13.8. The van der Waals surface area contributed by atoms with Gasteiger partial charge in [0, 0.05) is 30.1 Å². The summed E-state index contributed by atoms with van der Waals surface area (Å²) in [5.74, 6) is 0.232. The zero-order chi connectivity index (χ0) is 20.2. The van der Waals surface area contributed by atoms with Gasteiger partial charge in [0.25, 0.3) is 0 Å². The first kappa shape index (κ1) is 18.9. The van der Waals surface area contributed by atoms with Crippen LogP contribution in [-0.2, 0) is 16.0 Å². The quantitative estimate of drug-likeness (QED) is 0.623. The van der Waals surface area contributed by atoms with Crippen molar-refractivity contribution in [1.82, 2.24) is 4.98 Å². The van der Waals surface area contributed by atoms with Gasteiger partial charge in [0.15, 0.2) is 11.7 Å². The Morgan fingerprint density at radius 3 is 2.59 bits per heavy atom. The zero-order valence-electron chi connectivity index (χ0n) is 15.7. The predicted molar refractivity (Wildman–Crippen MR) is 107 cm³/mol. The van der Waals surface area contributed by atoms with Crippen LogP contribution in [0.25, 0.3) is 11.3 Å². The lowest BCUT2D eigenvalue weighted by Crippen LogP contribution is -2.15. The van der Waals surface area contributed by atoms with Crippen LogP contribution < -0.4 is 10.6 Å². The van der Waals surface area contributed by atoms with Gasteiger partial charge in [-0.15, -0.1) is 0 Å². The molecular weight excluding hydrogens is 373 g/mol. The highest BCUT2D eigenvalue weighted by Crippen LogP contribution is 2.30. The monoisotopic (exact) mass is 393 g/mol. The Balaban J connectivity index is 1.31. The first-order valence-electron chi connectivity index (χ1n) is 9.49. The Labute approximate surface area is 167 Å². The lowest BCUT2D eigenvalue weighted by molar-refractivity contribution is -0.117. The van der Waals surface area contributed by atoms with E-state index in [0.717, 1.165) is 12.8 Å². The third-order valence-corrected chi connectivity index (χ3v) is 4.62. The Kier molecular flexibility index (Phi) is 5.37. The highest BCUT2D eigenvalue weighted by Gasteiger charge is 2.29. The number of carbonyl (C=O) groups excluding carboxylic acids is 2. The maximum Gasteiger partial charge on any atom is 0.227 e. The summed E-state index contributed by atoms with van der Waals surface area (Å²) >= 11 is 0. The minimum absolute atomic E-state index is 0.0167. The number of oxazole rings is 1. The maximum atomic E-state index is 13.8. The van der Waals surface area contributed by atoms with E-state index in [1.807, 2.05) is 0 Å². The largest absolute Gasteiger partial charge is 0.441 e. The molecule has 1 saturated carbocycles. The van der Waals surface area contributed by atoms with E-state index in [-0.39, 0.29) is 30.0 Å². The first-order chi connectivity index (χ1) is 14.1. The van der Waals surface area contributed by atoms with Gasteiger partial charge in [0.1, 0.15) is 5.82 Å². The molecule has 0 radical (unpaired) electrons. The summed E-state index contributed by atoms with van der Waals surface area (Å²) in [6.45, 7) is 0. The highest BCUT2D eigenvalue weighted by molar-refractivity contribution is 5.95. The van der Waals surface area contributed by atoms with Crippen LogP contribution in [-0.4, -0.2) is 16.8 Å². The standard InChI is InChI=1S/C22H20FN3O3/c23-18-7-2-1-6-17(18)19-13-24-21(29-19)11-10-20(27)25-15-4-3-5-16(12-15)26-22(28)14-8-9-14/h1-7,12-14H,8-11H2,(H,25,27)(H,26,28). The van der Waals surface area contributed by atoms with Gasteiger partial charge in [-0.2, -0.15) is 0 Å². The van der Waals surface area contributed by atoms with E-state index in [1.54, 1.807) is 42.5 Å². The summed E-state index contributed by atoms with van der Waals surface area (Å²) in [6.07, 6.45) is 3.77. The number of halogens is 1. The van der Waals surface area contributed by atoms with E-state index >= 15 is 0 Å². The average Bonchev–Trinajstić information content (AvgIpc) is 3.46. The normalized spacial score (nSPS) is 13.1. The van der Waals surface area contributed by atoms with Gasteiger partial charge < -0.3 is 15.1 Å². The Morgan fingerprint density at radius 2 is 1.83 bits per heavy atom. The molecule has 4 rings (SSSR count). The van der Waals surface area contributed by atoms with Crippen molar-refractivity contribution in [3.8, 4) is 11.3 Å². The molecule has 0 aliphatic heterocycles. The van der Waals surface area contributed by atoms with Crippen molar-refractivity contribution in [3.05, 3.63) is 66.4 Å². The first-order valence-corrected chi connectivity index (χ1v) is 9.49. The average molecular weight is 393 g/mol. The molecule has 148 valence electrons. The number of aryl methyl sites for hydroxylation is 1. The molecule has 1 fully saturated rings. The molecule has 1 aliphatic rings. The van der Waals surface area contributed by atoms with Crippen LogP contribution in [0.2, 0.25) is 0 Å². The smallest absolute Gasteiger partial charge is 0.227 e. The van der Waals surface area contributed by atoms with E-state index in [0.29, 0.717) is 35.0 Å². The molecule has 0 atom stereocenters. The number of benzene rings is 2. The van der Waals surface area contributed by atoms with E-state index in [9.17, 15) is 14.0 Å². The summed E-state index contributed by atoms with van der Waals surface area (Å²) in [7, 11) is 0. The van der Waals surface area contributed by atoms with Crippen LogP contribution in [0.1, 0.15) is 25.2 Å². The summed E-state index contributed by atoms with van der Waals surface area (Å²) in [5.41, 5.74) is 1.59. The van der Waals surface area contributed by atoms with E-state index < -0.39 is 0 Å². The fourth-order valence-corrected chi connectivity index (χ4v) is 2.92. The molecule has 0 unspecified atom stereocenters. The SMILES string of the molecule is O=C(CCc1ncc(-c2ccccc2F)o1)Nc1cccc(NC(=O)C2CC2)c1. The number of hydrogen-bond donors (Lipinski definition) is 2. The fourth-order valence-electron chi connectivity index (χ4n) is 2.92. The molecule has 2 amide bonds. The van der Waals surface area contributed by atoms with Crippen molar-refractivity contribution in [3.63, 3.8) is 0 Å². The van der Waals surface area contributed by atoms with Crippen molar-refractivity contribution < 1.29 is 18.4 Å². The second kappa shape index (κ2) is 8.26. The third-order valence-electron chi connectivity index (χ3n) is 4.62. The van der Waals surface area contributed by atoms with Gasteiger partial charge in [-0.3, -0.25) is 9.59 Å².